The maximum Gasteiger partial charge on any atom is 0.310 e. The Morgan fingerprint density at radius 1 is 1.40 bits per heavy atom. The number of hydrogen-bond acceptors (Lipinski definition) is 3. The predicted octanol–water partition coefficient (Wildman–Crippen LogP) is 2.31. The van der Waals surface area contributed by atoms with Crippen molar-refractivity contribution in [3.63, 3.8) is 0 Å². The summed E-state index contributed by atoms with van der Waals surface area (Å²) in [6, 6.07) is 7.30. The molecule has 1 aliphatic carbocycles. The molecule has 2 atom stereocenters. The first-order valence-corrected chi connectivity index (χ1v) is 7.79. The summed E-state index contributed by atoms with van der Waals surface area (Å²) < 4.78 is 0. The van der Waals surface area contributed by atoms with Gasteiger partial charge in [0.1, 0.15) is 0 Å². The van der Waals surface area contributed by atoms with E-state index in [1.165, 1.54) is 0 Å². The van der Waals surface area contributed by atoms with Gasteiger partial charge in [0.2, 0.25) is 0 Å². The number of benzene rings is 1. The minimum atomic E-state index is -0.847. The lowest BCUT2D eigenvalue weighted by molar-refractivity contribution is -0.140. The minimum absolute atomic E-state index is 0.159. The van der Waals surface area contributed by atoms with Gasteiger partial charge in [-0.05, 0) is 30.4 Å². The summed E-state index contributed by atoms with van der Waals surface area (Å²) in [5, 5.41) is 11.8. The van der Waals surface area contributed by atoms with Crippen molar-refractivity contribution in [1.82, 2.24) is 5.32 Å². The zero-order valence-corrected chi connectivity index (χ0v) is 12.0. The molecule has 0 saturated heterocycles. The van der Waals surface area contributed by atoms with Gasteiger partial charge in [-0.3, -0.25) is 9.59 Å². The van der Waals surface area contributed by atoms with Crippen LogP contribution in [0.2, 0.25) is 0 Å². The molecule has 106 valence electrons. The van der Waals surface area contributed by atoms with Crippen LogP contribution >= 0.6 is 11.8 Å². The maximum absolute atomic E-state index is 12.1. The van der Waals surface area contributed by atoms with Gasteiger partial charge in [-0.15, -0.1) is 0 Å². The largest absolute Gasteiger partial charge is 0.481 e. The molecule has 2 unspecified atom stereocenters. The average molecular weight is 291 g/mol. The van der Waals surface area contributed by atoms with Crippen LogP contribution in [0.15, 0.2) is 36.4 Å². The number of carboxylic acid groups (broad SMARTS) is 1. The number of aliphatic carboxylic acids is 1. The number of rotatable bonds is 5. The zero-order chi connectivity index (χ0) is 14.5. The van der Waals surface area contributed by atoms with Gasteiger partial charge in [0.15, 0.2) is 0 Å². The van der Waals surface area contributed by atoms with Gasteiger partial charge in [-0.1, -0.05) is 24.3 Å². The zero-order valence-electron chi connectivity index (χ0n) is 11.2. The molecule has 0 saturated carbocycles. The van der Waals surface area contributed by atoms with Crippen molar-refractivity contribution in [2.75, 3.05) is 6.26 Å². The highest BCUT2D eigenvalue weighted by molar-refractivity contribution is 7.97. The molecule has 1 aromatic carbocycles. The molecule has 5 heteroatoms. The van der Waals surface area contributed by atoms with E-state index in [0.29, 0.717) is 12.0 Å². The SMILES string of the molecule is CSCc1cccc(C(=O)NC2C=CC(C(=O)O)C2)c1. The highest BCUT2D eigenvalue weighted by Crippen LogP contribution is 2.18. The summed E-state index contributed by atoms with van der Waals surface area (Å²) in [4.78, 5) is 23.0. The Morgan fingerprint density at radius 3 is 2.85 bits per heavy atom. The van der Waals surface area contributed by atoms with E-state index in [0.717, 1.165) is 11.3 Å². The second-order valence-corrected chi connectivity index (χ2v) is 5.64. The average Bonchev–Trinajstić information content (AvgIpc) is 2.88. The Kier molecular flexibility index (Phi) is 4.84. The molecule has 1 amide bonds. The van der Waals surface area contributed by atoms with Gasteiger partial charge in [0.25, 0.3) is 5.91 Å². The molecule has 0 spiro atoms. The Morgan fingerprint density at radius 2 is 2.20 bits per heavy atom. The van der Waals surface area contributed by atoms with Crippen LogP contribution in [0.4, 0.5) is 0 Å². The summed E-state index contributed by atoms with van der Waals surface area (Å²) in [6.45, 7) is 0. The van der Waals surface area contributed by atoms with E-state index in [-0.39, 0.29) is 11.9 Å². The molecule has 4 nitrogen and oxygen atoms in total. The third-order valence-electron chi connectivity index (χ3n) is 3.22. The molecular formula is C15H17NO3S. The van der Waals surface area contributed by atoms with Crippen LogP contribution in [0, 0.1) is 5.92 Å². The Bertz CT molecular complexity index is 542. The van der Waals surface area contributed by atoms with E-state index in [4.69, 9.17) is 5.11 Å². The number of amides is 1. The molecule has 2 N–H and O–H groups in total. The van der Waals surface area contributed by atoms with E-state index in [2.05, 4.69) is 5.32 Å². The fourth-order valence-corrected chi connectivity index (χ4v) is 2.72. The highest BCUT2D eigenvalue weighted by Gasteiger charge is 2.25. The van der Waals surface area contributed by atoms with Crippen LogP contribution < -0.4 is 5.32 Å². The first kappa shape index (κ1) is 14.7. The van der Waals surface area contributed by atoms with Crippen molar-refractivity contribution in [3.05, 3.63) is 47.5 Å². The van der Waals surface area contributed by atoms with E-state index in [1.54, 1.807) is 30.0 Å². The first-order valence-electron chi connectivity index (χ1n) is 6.40. The normalized spacial score (nSPS) is 20.9. The van der Waals surface area contributed by atoms with Crippen LogP contribution in [0.1, 0.15) is 22.3 Å². The number of carboxylic acids is 1. The fourth-order valence-electron chi connectivity index (χ4n) is 2.21. The summed E-state index contributed by atoms with van der Waals surface area (Å²) in [7, 11) is 0. The third kappa shape index (κ3) is 3.63. The maximum atomic E-state index is 12.1. The lowest BCUT2D eigenvalue weighted by atomic mass is 10.1. The van der Waals surface area contributed by atoms with Crippen LogP contribution in [-0.2, 0) is 10.5 Å². The van der Waals surface area contributed by atoms with E-state index in [9.17, 15) is 9.59 Å². The number of carbonyl (C=O) groups excluding carboxylic acids is 1. The van der Waals surface area contributed by atoms with Gasteiger partial charge in [-0.25, -0.2) is 0 Å². The van der Waals surface area contributed by atoms with Crippen molar-refractivity contribution in [1.29, 1.82) is 0 Å². The summed E-state index contributed by atoms with van der Waals surface area (Å²) in [5.41, 5.74) is 1.72. The number of hydrogen-bond donors (Lipinski definition) is 2. The second kappa shape index (κ2) is 6.61. The lowest BCUT2D eigenvalue weighted by Gasteiger charge is -2.12. The predicted molar refractivity (Wildman–Crippen MR) is 79.8 cm³/mol. The van der Waals surface area contributed by atoms with Gasteiger partial charge < -0.3 is 10.4 Å². The molecule has 20 heavy (non-hydrogen) atoms. The number of thioether (sulfide) groups is 1. The summed E-state index contributed by atoms with van der Waals surface area (Å²) >= 11 is 1.70. The summed E-state index contributed by atoms with van der Waals surface area (Å²) in [6.07, 6.45) is 5.83. The number of carbonyl (C=O) groups is 2. The molecule has 0 fully saturated rings. The van der Waals surface area contributed by atoms with Gasteiger partial charge in [0.05, 0.1) is 5.92 Å². The third-order valence-corrected chi connectivity index (χ3v) is 3.84. The highest BCUT2D eigenvalue weighted by atomic mass is 32.2. The monoisotopic (exact) mass is 291 g/mol. The molecule has 0 bridgehead atoms. The fraction of sp³-hybridized carbons (Fsp3) is 0.333. The standard InChI is InChI=1S/C15H17NO3S/c1-20-9-10-3-2-4-11(7-10)14(17)16-13-6-5-12(8-13)15(18)19/h2-7,12-13H,8-9H2,1H3,(H,16,17)(H,18,19). The van der Waals surface area contributed by atoms with Crippen LogP contribution in [-0.4, -0.2) is 29.3 Å². The molecule has 1 aliphatic rings. The van der Waals surface area contributed by atoms with Gasteiger partial charge in [-0.2, -0.15) is 11.8 Å². The molecule has 1 aromatic rings. The van der Waals surface area contributed by atoms with E-state index >= 15 is 0 Å². The van der Waals surface area contributed by atoms with E-state index < -0.39 is 11.9 Å². The smallest absolute Gasteiger partial charge is 0.310 e. The molecule has 0 aromatic heterocycles. The topological polar surface area (TPSA) is 66.4 Å². The Hall–Kier alpha value is -1.75. The van der Waals surface area contributed by atoms with Crippen LogP contribution in [0.25, 0.3) is 0 Å². The van der Waals surface area contributed by atoms with E-state index in [1.807, 2.05) is 24.5 Å². The molecular weight excluding hydrogens is 274 g/mol. The Balaban J connectivity index is 1.97. The molecule has 0 heterocycles. The first-order chi connectivity index (χ1) is 9.60. The molecule has 0 aliphatic heterocycles. The lowest BCUT2D eigenvalue weighted by Crippen LogP contribution is -2.33. The summed E-state index contributed by atoms with van der Waals surface area (Å²) in [5.74, 6) is -0.636. The van der Waals surface area contributed by atoms with Crippen LogP contribution in [0.3, 0.4) is 0 Å². The van der Waals surface area contributed by atoms with Crippen molar-refractivity contribution in [2.45, 2.75) is 18.2 Å². The number of nitrogens with one attached hydrogen (secondary N) is 1. The van der Waals surface area contributed by atoms with Gasteiger partial charge >= 0.3 is 5.97 Å². The quantitative estimate of drug-likeness (QED) is 0.817. The Labute approximate surface area is 122 Å². The van der Waals surface area contributed by atoms with Crippen molar-refractivity contribution < 1.29 is 14.7 Å². The van der Waals surface area contributed by atoms with Crippen molar-refractivity contribution >= 4 is 23.6 Å². The van der Waals surface area contributed by atoms with Crippen molar-refractivity contribution in [2.24, 2.45) is 5.92 Å². The van der Waals surface area contributed by atoms with Crippen LogP contribution in [0.5, 0.6) is 0 Å². The van der Waals surface area contributed by atoms with Gasteiger partial charge in [0, 0.05) is 17.4 Å². The molecule has 0 radical (unpaired) electrons. The minimum Gasteiger partial charge on any atom is -0.481 e. The molecule has 2 rings (SSSR count). The second-order valence-electron chi connectivity index (χ2n) is 4.78. The van der Waals surface area contributed by atoms with Crippen molar-refractivity contribution in [3.8, 4) is 0 Å².